The van der Waals surface area contributed by atoms with E-state index in [-0.39, 0.29) is 6.10 Å². The molecule has 1 N–H and O–H groups in total. The molecule has 134 valence electrons. The van der Waals surface area contributed by atoms with Gasteiger partial charge in [-0.2, -0.15) is 0 Å². The molecule has 1 saturated heterocycles. The van der Waals surface area contributed by atoms with Crippen LogP contribution in [0.2, 0.25) is 16.1 Å². The van der Waals surface area contributed by atoms with Gasteiger partial charge in [-0.15, -0.1) is 0 Å². The van der Waals surface area contributed by atoms with E-state index in [1.807, 2.05) is 0 Å². The van der Waals surface area contributed by atoms with Gasteiger partial charge >= 0.3 is 0 Å². The largest absolute Gasteiger partial charge is 0.393 e. The molecule has 0 amide bonds. The molecule has 3 rings (SSSR count). The lowest BCUT2D eigenvalue weighted by molar-refractivity contribution is 0.104. The van der Waals surface area contributed by atoms with Crippen molar-refractivity contribution in [3.8, 4) is 0 Å². The van der Waals surface area contributed by atoms with Crippen molar-refractivity contribution in [3.05, 3.63) is 35.9 Å². The number of fused-ring (bicyclic) bond motifs is 1. The fourth-order valence-corrected chi connectivity index (χ4v) is 15.5. The highest BCUT2D eigenvalue weighted by molar-refractivity contribution is 6.86. The van der Waals surface area contributed by atoms with Crippen molar-refractivity contribution in [2.24, 2.45) is 11.8 Å². The van der Waals surface area contributed by atoms with Gasteiger partial charge in [0.25, 0.3) is 0 Å². The van der Waals surface area contributed by atoms with Crippen LogP contribution in [0.5, 0.6) is 0 Å². The zero-order valence-electron chi connectivity index (χ0n) is 16.5. The standard InChI is InChI=1S/C22H36OSi/c1-21(2,3)24(22(4,5)6)15-14-16-12-13-18(23)19(16)20(24)17-10-8-7-9-11-17/h7-11,16,18-20,23H,12-15H2,1-6H3/t16-,18-,19+,20+/m1/s1. The molecule has 1 nitrogen and oxygen atoms in total. The summed E-state index contributed by atoms with van der Waals surface area (Å²) >= 11 is 0. The Morgan fingerprint density at radius 2 is 1.46 bits per heavy atom. The molecule has 0 radical (unpaired) electrons. The van der Waals surface area contributed by atoms with Gasteiger partial charge in [-0.1, -0.05) is 84.3 Å². The third kappa shape index (κ3) is 2.61. The molecule has 0 bridgehead atoms. The summed E-state index contributed by atoms with van der Waals surface area (Å²) in [5, 5.41) is 11.6. The van der Waals surface area contributed by atoms with E-state index in [9.17, 15) is 5.11 Å². The van der Waals surface area contributed by atoms with Crippen LogP contribution in [0.4, 0.5) is 0 Å². The Morgan fingerprint density at radius 1 is 0.875 bits per heavy atom. The molecule has 2 fully saturated rings. The molecule has 0 spiro atoms. The second-order valence-corrected chi connectivity index (χ2v) is 16.4. The van der Waals surface area contributed by atoms with E-state index >= 15 is 0 Å². The van der Waals surface area contributed by atoms with E-state index < -0.39 is 8.07 Å². The summed E-state index contributed by atoms with van der Waals surface area (Å²) in [6, 6.07) is 12.6. The van der Waals surface area contributed by atoms with Crippen LogP contribution in [0.25, 0.3) is 0 Å². The molecule has 2 heteroatoms. The lowest BCUT2D eigenvalue weighted by Gasteiger charge is -2.62. The zero-order valence-corrected chi connectivity index (χ0v) is 17.5. The van der Waals surface area contributed by atoms with Gasteiger partial charge in [0.05, 0.1) is 14.2 Å². The van der Waals surface area contributed by atoms with Gasteiger partial charge in [-0.25, -0.2) is 0 Å². The molecule has 2 aliphatic rings. The number of rotatable bonds is 1. The average molecular weight is 345 g/mol. The van der Waals surface area contributed by atoms with E-state index in [1.54, 1.807) is 0 Å². The maximum atomic E-state index is 10.9. The van der Waals surface area contributed by atoms with Crippen LogP contribution in [0.15, 0.2) is 30.3 Å². The molecule has 1 aromatic rings. The average Bonchev–Trinajstić information content (AvgIpc) is 2.86. The van der Waals surface area contributed by atoms with Crippen LogP contribution in [0, 0.1) is 11.8 Å². The predicted octanol–water partition coefficient (Wildman–Crippen LogP) is 6.15. The lowest BCUT2D eigenvalue weighted by Crippen LogP contribution is -2.62. The topological polar surface area (TPSA) is 20.2 Å². The van der Waals surface area contributed by atoms with Crippen molar-refractivity contribution in [1.82, 2.24) is 0 Å². The SMILES string of the molecule is CC(C)(C)[Si]1(C(C)(C)C)CC[C@H]2CC[C@@H](O)[C@H]2[C@@H]1c1ccccc1. The maximum absolute atomic E-state index is 10.9. The first-order valence-corrected chi connectivity index (χ1v) is 12.1. The summed E-state index contributed by atoms with van der Waals surface area (Å²) in [6.07, 6.45) is 3.48. The molecule has 1 aliphatic heterocycles. The molecule has 1 saturated carbocycles. The highest BCUT2D eigenvalue weighted by atomic mass is 28.3. The van der Waals surface area contributed by atoms with E-state index in [0.29, 0.717) is 21.5 Å². The molecule has 4 atom stereocenters. The molecule has 1 aliphatic carbocycles. The second kappa shape index (κ2) is 5.98. The Bertz CT molecular complexity index is 552. The fraction of sp³-hybridized carbons (Fsp3) is 0.727. The van der Waals surface area contributed by atoms with Crippen LogP contribution < -0.4 is 0 Å². The minimum atomic E-state index is -1.74. The van der Waals surface area contributed by atoms with Gasteiger partial charge in [-0.3, -0.25) is 0 Å². The van der Waals surface area contributed by atoms with Gasteiger partial charge in [0.15, 0.2) is 0 Å². The van der Waals surface area contributed by atoms with Gasteiger partial charge in [0, 0.05) is 0 Å². The van der Waals surface area contributed by atoms with Crippen molar-refractivity contribution in [2.75, 3.05) is 0 Å². The minimum absolute atomic E-state index is 0.0999. The highest BCUT2D eigenvalue weighted by Crippen LogP contribution is 2.67. The number of aliphatic hydroxyl groups is 1. The zero-order chi connectivity index (χ0) is 17.8. The normalized spacial score (nSPS) is 33.3. The van der Waals surface area contributed by atoms with Crippen molar-refractivity contribution >= 4 is 8.07 Å². The van der Waals surface area contributed by atoms with Crippen LogP contribution >= 0.6 is 0 Å². The predicted molar refractivity (Wildman–Crippen MR) is 106 cm³/mol. The van der Waals surface area contributed by atoms with E-state index in [1.165, 1.54) is 24.4 Å². The third-order valence-corrected chi connectivity index (χ3v) is 15.7. The third-order valence-electron chi connectivity index (χ3n) is 7.48. The molecule has 0 aromatic heterocycles. The smallest absolute Gasteiger partial charge is 0.0723 e. The Labute approximate surface area is 149 Å². The van der Waals surface area contributed by atoms with Crippen molar-refractivity contribution in [3.63, 3.8) is 0 Å². The first-order chi connectivity index (χ1) is 11.1. The first-order valence-electron chi connectivity index (χ1n) is 9.82. The number of aliphatic hydroxyl groups excluding tert-OH is 1. The summed E-state index contributed by atoms with van der Waals surface area (Å²) in [5.41, 5.74) is 2.08. The number of hydrogen-bond donors (Lipinski definition) is 1. The molecular formula is C22H36OSi. The summed E-state index contributed by atoms with van der Waals surface area (Å²) in [4.78, 5) is 0. The van der Waals surface area contributed by atoms with E-state index in [0.717, 1.165) is 12.3 Å². The molecular weight excluding hydrogens is 308 g/mol. The Hall–Kier alpha value is -0.603. The van der Waals surface area contributed by atoms with Crippen LogP contribution in [-0.4, -0.2) is 19.3 Å². The Balaban J connectivity index is 2.23. The van der Waals surface area contributed by atoms with Crippen LogP contribution in [0.1, 0.15) is 71.9 Å². The first kappa shape index (κ1) is 18.2. The van der Waals surface area contributed by atoms with E-state index in [4.69, 9.17) is 0 Å². The highest BCUT2D eigenvalue weighted by Gasteiger charge is 2.63. The van der Waals surface area contributed by atoms with Crippen LogP contribution in [-0.2, 0) is 0 Å². The quantitative estimate of drug-likeness (QED) is 0.606. The molecule has 1 aromatic carbocycles. The number of benzene rings is 1. The molecule has 1 heterocycles. The van der Waals surface area contributed by atoms with Crippen LogP contribution in [0.3, 0.4) is 0 Å². The monoisotopic (exact) mass is 344 g/mol. The van der Waals surface area contributed by atoms with E-state index in [2.05, 4.69) is 71.9 Å². The summed E-state index contributed by atoms with van der Waals surface area (Å²) in [7, 11) is -1.74. The van der Waals surface area contributed by atoms with Crippen molar-refractivity contribution in [1.29, 1.82) is 0 Å². The summed E-state index contributed by atoms with van der Waals surface area (Å²) in [6.45, 7) is 14.9. The minimum Gasteiger partial charge on any atom is -0.393 e. The van der Waals surface area contributed by atoms with Gasteiger partial charge in [0.1, 0.15) is 0 Å². The number of hydrogen-bond acceptors (Lipinski definition) is 1. The molecule has 24 heavy (non-hydrogen) atoms. The van der Waals surface area contributed by atoms with Crippen molar-refractivity contribution in [2.45, 2.75) is 88.6 Å². The van der Waals surface area contributed by atoms with Gasteiger partial charge in [0.2, 0.25) is 0 Å². The van der Waals surface area contributed by atoms with Gasteiger partial charge < -0.3 is 5.11 Å². The summed E-state index contributed by atoms with van der Waals surface area (Å²) in [5.74, 6) is 1.21. The van der Waals surface area contributed by atoms with Crippen molar-refractivity contribution < 1.29 is 5.11 Å². The maximum Gasteiger partial charge on any atom is 0.0723 e. The van der Waals surface area contributed by atoms with Gasteiger partial charge in [-0.05, 0) is 45.9 Å². The summed E-state index contributed by atoms with van der Waals surface area (Å²) < 4.78 is 0. The fourth-order valence-electron chi connectivity index (χ4n) is 6.79. The molecule has 0 unspecified atom stereocenters. The Morgan fingerprint density at radius 3 is 2.00 bits per heavy atom. The lowest BCUT2D eigenvalue weighted by atomic mass is 9.85. The Kier molecular flexibility index (Phi) is 4.54. The second-order valence-electron chi connectivity index (χ2n) is 10.4.